The van der Waals surface area contributed by atoms with E-state index in [0.717, 1.165) is 0 Å². The number of aromatic carboxylic acids is 1. The molecule has 0 aliphatic carbocycles. The quantitative estimate of drug-likeness (QED) is 0.0733. The number of aromatic hydroxyl groups is 1. The number of rotatable bonds is 7. The minimum absolute atomic E-state index is 0. The van der Waals surface area contributed by atoms with Crippen molar-refractivity contribution in [2.45, 2.75) is 45.0 Å². The van der Waals surface area contributed by atoms with Crippen LogP contribution in [0, 0.1) is 6.92 Å². The van der Waals surface area contributed by atoms with E-state index in [-0.39, 0.29) is 70.4 Å². The molecule has 1 rings (SSSR count). The summed E-state index contributed by atoms with van der Waals surface area (Å²) in [6.45, 7) is 3.34. The number of aryl methyl sites for hydroxylation is 1. The van der Waals surface area contributed by atoms with Crippen LogP contribution in [-0.2, 0) is 23.5 Å². The van der Waals surface area contributed by atoms with Crippen LogP contribution in [0.5, 0.6) is 5.75 Å². The van der Waals surface area contributed by atoms with Crippen molar-refractivity contribution < 1.29 is 158 Å². The van der Waals surface area contributed by atoms with Crippen molar-refractivity contribution in [1.29, 1.82) is 0 Å². The number of carboxylic acid groups (broad SMARTS) is 4. The number of benzene rings is 1. The molecule has 228 valence electrons. The molecule has 0 unspecified atom stereocenters. The van der Waals surface area contributed by atoms with Gasteiger partial charge in [0.25, 0.3) is 15.6 Å². The van der Waals surface area contributed by atoms with Crippen LogP contribution in [0.2, 0.25) is 0 Å². The summed E-state index contributed by atoms with van der Waals surface area (Å²) in [5.41, 5.74) is -2.19. The van der Waals surface area contributed by atoms with E-state index in [2.05, 4.69) is 0 Å². The van der Waals surface area contributed by atoms with Crippen LogP contribution in [0.4, 0.5) is 0 Å². The molecule has 0 atom stereocenters. The first-order chi connectivity index (χ1) is 17.2. The van der Waals surface area contributed by atoms with E-state index < -0.39 is 64.3 Å². The van der Waals surface area contributed by atoms with Crippen molar-refractivity contribution >= 4 is 39.5 Å². The van der Waals surface area contributed by atoms with Crippen molar-refractivity contribution in [1.82, 2.24) is 0 Å². The van der Waals surface area contributed by atoms with Gasteiger partial charge in [-0.1, -0.05) is 19.1 Å². The van der Waals surface area contributed by atoms with E-state index in [1.54, 1.807) is 26.0 Å². The summed E-state index contributed by atoms with van der Waals surface area (Å²) in [5, 5.41) is 67.3. The monoisotopic (exact) mass is 660 g/mol. The van der Waals surface area contributed by atoms with Crippen molar-refractivity contribution in [3.05, 3.63) is 29.3 Å². The summed E-state index contributed by atoms with van der Waals surface area (Å²) < 4.78 is 17.5. The number of carboxylic acids is 4. The molecule has 0 heterocycles. The summed E-state index contributed by atoms with van der Waals surface area (Å²) in [4.78, 5) is 86.8. The maximum atomic E-state index is 10.5. The van der Waals surface area contributed by atoms with E-state index in [1.807, 2.05) is 0 Å². The van der Waals surface area contributed by atoms with Gasteiger partial charge in [0.15, 0.2) is 11.9 Å². The molecule has 1 aromatic carbocycles. The average Bonchev–Trinajstić information content (AvgIpc) is 2.64. The Bertz CT molecular complexity index is 948. The summed E-state index contributed by atoms with van der Waals surface area (Å²) in [5.74, 6) is -6.30. The Morgan fingerprint density at radius 1 is 0.854 bits per heavy atom. The van der Waals surface area contributed by atoms with Crippen molar-refractivity contribution in [2.24, 2.45) is 0 Å². The first kappa shape index (κ1) is 52.6. The summed E-state index contributed by atoms with van der Waals surface area (Å²) in [6.07, 6.45) is -2.99. The van der Waals surface area contributed by atoms with Gasteiger partial charge in [-0.25, -0.2) is 9.59 Å². The Morgan fingerprint density at radius 2 is 1.15 bits per heavy atom. The number of hydrogen-bond acceptors (Lipinski definition) is 12. The van der Waals surface area contributed by atoms with E-state index in [1.165, 1.54) is 6.07 Å². The maximum Gasteiger partial charge on any atom is 1.00 e. The fourth-order valence-corrected chi connectivity index (χ4v) is 1.64. The third-order valence-corrected chi connectivity index (χ3v) is 3.12. The van der Waals surface area contributed by atoms with Crippen LogP contribution in [0.25, 0.3) is 0 Å². The zero-order chi connectivity index (χ0) is 32.4. The van der Waals surface area contributed by atoms with E-state index in [4.69, 9.17) is 79.3 Å². The number of aliphatic hydroxyl groups is 3. The van der Waals surface area contributed by atoms with Crippen LogP contribution in [0.3, 0.4) is 0 Å². The molecule has 1 aromatic rings. The molecule has 0 amide bonds. The normalized spacial score (nSPS) is 10.0. The van der Waals surface area contributed by atoms with Crippen molar-refractivity contribution in [2.75, 3.05) is 0 Å². The molecule has 0 aromatic heterocycles. The van der Waals surface area contributed by atoms with Gasteiger partial charge < -0.3 is 70.2 Å². The summed E-state index contributed by atoms with van der Waals surface area (Å²) in [6, 6.07) is 4.61. The standard InChI is InChI=1S/C8H8O3.C6H8O7.C3H8O2.2Na.2H3O4P/c1-5-3-2-4-6(9)7(5)8(10)11;7-3(8)1-6(13,5(11)12)2-4(9)10;1-2-3(4)5;;;2*1-5(2,3)4/h2-4,9H,1H3,(H,10,11);13H,1-2H2,(H,7,8)(H,9,10)(H,11,12);3-5H,2H2,1H3;;;2*(H3,1,2,3,4)/q;;;2*+1;;/p-2. The van der Waals surface area contributed by atoms with Crippen molar-refractivity contribution in [3.8, 4) is 5.75 Å². The Kier molecular flexibility index (Phi) is 32.7. The van der Waals surface area contributed by atoms with Gasteiger partial charge in [0.05, 0.1) is 12.8 Å². The molecule has 0 saturated heterocycles. The van der Waals surface area contributed by atoms with Crippen molar-refractivity contribution in [3.63, 3.8) is 0 Å². The topological polar surface area (TPSA) is 391 Å². The summed E-state index contributed by atoms with van der Waals surface area (Å²) in [7, 11) is -9.78. The molecule has 0 saturated carbocycles. The van der Waals surface area contributed by atoms with Crippen LogP contribution in [0.1, 0.15) is 42.1 Å². The van der Waals surface area contributed by atoms with E-state index in [0.29, 0.717) is 12.0 Å². The number of hydrogen-bond donors (Lipinski definition) is 12. The second-order valence-corrected chi connectivity index (χ2v) is 8.58. The van der Waals surface area contributed by atoms with Gasteiger partial charge in [0.1, 0.15) is 11.3 Å². The Balaban J connectivity index is -0.0000000987. The number of phenols is 1. The van der Waals surface area contributed by atoms with Crippen LogP contribution < -0.4 is 68.9 Å². The molecule has 41 heavy (non-hydrogen) atoms. The molecule has 12 N–H and O–H groups in total. The average molecular weight is 660 g/mol. The first-order valence-corrected chi connectivity index (χ1v) is 12.5. The molecule has 0 radical (unpaired) electrons. The van der Waals surface area contributed by atoms with Gasteiger partial charge in [0, 0.05) is 0 Å². The molecule has 20 nitrogen and oxygen atoms in total. The van der Waals surface area contributed by atoms with Gasteiger partial charge in [-0.15, -0.1) is 0 Å². The minimum atomic E-state index is -4.89. The molecule has 24 heteroatoms. The van der Waals surface area contributed by atoms with Crippen LogP contribution >= 0.6 is 15.6 Å². The molecule has 0 aliphatic heterocycles. The molecule has 0 fully saturated rings. The zero-order valence-corrected chi connectivity index (χ0v) is 27.7. The van der Waals surface area contributed by atoms with Gasteiger partial charge in [-0.2, -0.15) is 0 Å². The first-order valence-electron chi connectivity index (χ1n) is 9.48. The van der Waals surface area contributed by atoms with E-state index >= 15 is 0 Å². The molecule has 0 aliphatic rings. The fraction of sp³-hybridized carbons (Fsp3) is 0.412. The number of aliphatic carboxylic acids is 3. The Hall–Kier alpha value is -1.00. The molecular weight excluding hydrogens is 632 g/mol. The molecule has 0 bridgehead atoms. The predicted molar refractivity (Wildman–Crippen MR) is 119 cm³/mol. The largest absolute Gasteiger partial charge is 1.00 e. The van der Waals surface area contributed by atoms with Gasteiger partial charge >= 0.3 is 83.0 Å². The van der Waals surface area contributed by atoms with Gasteiger partial charge in [0.2, 0.25) is 0 Å². The fourth-order valence-electron chi connectivity index (χ4n) is 1.64. The van der Waals surface area contributed by atoms with Gasteiger partial charge in [-0.05, 0) is 25.0 Å². The second kappa shape index (κ2) is 25.5. The third-order valence-electron chi connectivity index (χ3n) is 3.12. The van der Waals surface area contributed by atoms with Gasteiger partial charge in [-0.3, -0.25) is 18.7 Å². The molecule has 0 spiro atoms. The maximum absolute atomic E-state index is 10.5. The minimum Gasteiger partial charge on any atom is -0.756 e. The predicted octanol–water partition coefficient (Wildman–Crippen LogP) is -9.26. The van der Waals surface area contributed by atoms with E-state index in [9.17, 15) is 19.2 Å². The Morgan fingerprint density at radius 3 is 1.29 bits per heavy atom. The van der Waals surface area contributed by atoms with Crippen LogP contribution in [0.15, 0.2) is 18.2 Å². The SMILES string of the molecule is CCC(O)O.Cc1cccc(O)c1C(=O)O.O=C(O)CC(O)(CC(=O)O)C(=O)O.O=P([O-])(O)O.O=P([O-])(O)O.[Na+].[Na+]. The number of carbonyl (C=O) groups is 4. The zero-order valence-electron chi connectivity index (χ0n) is 22.0. The van der Waals surface area contributed by atoms with Crippen LogP contribution in [-0.4, -0.2) is 96.2 Å². The molecular formula is C17H28Na2O20P2. The third kappa shape index (κ3) is 43.6. The number of aliphatic hydroxyl groups excluding tert-OH is 1. The smallest absolute Gasteiger partial charge is 0.756 e. The summed E-state index contributed by atoms with van der Waals surface area (Å²) >= 11 is 0. The Labute approximate surface area is 275 Å². The second-order valence-electron chi connectivity index (χ2n) is 6.62. The number of phosphoric acid groups is 2.